The van der Waals surface area contributed by atoms with Gasteiger partial charge in [-0.3, -0.25) is 9.36 Å². The molecule has 1 aromatic carbocycles. The molecule has 0 spiro atoms. The van der Waals surface area contributed by atoms with Crippen LogP contribution in [0.25, 0.3) is 11.2 Å². The summed E-state index contributed by atoms with van der Waals surface area (Å²) in [5.41, 5.74) is 1.62. The van der Waals surface area contributed by atoms with Gasteiger partial charge in [-0.25, -0.2) is 19.6 Å². The summed E-state index contributed by atoms with van der Waals surface area (Å²) in [6.45, 7) is 9.14. The number of fused-ring (bicyclic) bond motifs is 1. The van der Waals surface area contributed by atoms with Gasteiger partial charge < -0.3 is 19.1 Å². The van der Waals surface area contributed by atoms with Gasteiger partial charge >= 0.3 is 0 Å². The fraction of sp³-hybridized carbons (Fsp3) is 0.500. The van der Waals surface area contributed by atoms with E-state index in [0.29, 0.717) is 42.2 Å². The predicted octanol–water partition coefficient (Wildman–Crippen LogP) is 5.05. The first-order valence-corrected chi connectivity index (χ1v) is 13.9. The van der Waals surface area contributed by atoms with Gasteiger partial charge in [-0.1, -0.05) is 18.2 Å². The Kier molecular flexibility index (Phi) is 9.72. The van der Waals surface area contributed by atoms with Crippen molar-refractivity contribution in [3.8, 4) is 6.07 Å². The second-order valence-electron chi connectivity index (χ2n) is 9.50. The summed E-state index contributed by atoms with van der Waals surface area (Å²) in [6, 6.07) is 11.5. The van der Waals surface area contributed by atoms with Crippen LogP contribution in [-0.4, -0.2) is 61.5 Å². The summed E-state index contributed by atoms with van der Waals surface area (Å²) in [5.74, 6) is 0.0860. The van der Waals surface area contributed by atoms with Crippen molar-refractivity contribution in [1.82, 2.24) is 24.2 Å². The largest absolute Gasteiger partial charge is 0.352 e. The van der Waals surface area contributed by atoms with Crippen LogP contribution in [-0.2, 0) is 13.8 Å². The van der Waals surface area contributed by atoms with Crippen molar-refractivity contribution in [2.24, 2.45) is 0 Å². The molecule has 1 fully saturated rings. The number of imidazole rings is 1. The van der Waals surface area contributed by atoms with Crippen LogP contribution < -0.4 is 5.32 Å². The Morgan fingerprint density at radius 2 is 1.95 bits per heavy atom. The zero-order valence-corrected chi connectivity index (χ0v) is 23.0. The molecular weight excluding hydrogens is 505 g/mol. The summed E-state index contributed by atoms with van der Waals surface area (Å²) in [6.07, 6.45) is 4.58. The first kappa shape index (κ1) is 28.0. The van der Waals surface area contributed by atoms with Crippen molar-refractivity contribution >= 4 is 31.4 Å². The highest BCUT2D eigenvalue weighted by atomic mass is 31.2. The van der Waals surface area contributed by atoms with E-state index in [1.165, 1.54) is 6.33 Å². The third-order valence-corrected chi connectivity index (χ3v) is 8.13. The van der Waals surface area contributed by atoms with Crippen LogP contribution in [0.15, 0.2) is 43.0 Å². The molecule has 1 aliphatic rings. The van der Waals surface area contributed by atoms with Crippen LogP contribution in [0, 0.1) is 11.3 Å². The molecule has 3 unspecified atom stereocenters. The van der Waals surface area contributed by atoms with E-state index in [1.807, 2.05) is 22.8 Å². The molecule has 4 rings (SSSR count). The maximum Gasteiger partial charge on any atom is 0.259 e. The van der Waals surface area contributed by atoms with E-state index in [2.05, 4.69) is 58.7 Å². The monoisotopic (exact) mass is 539 g/mol. The molecule has 0 radical (unpaired) electrons. The van der Waals surface area contributed by atoms with Crippen molar-refractivity contribution in [3.63, 3.8) is 0 Å². The number of hydrogen-bond acceptors (Lipinski definition) is 9. The van der Waals surface area contributed by atoms with E-state index in [0.717, 1.165) is 12.8 Å². The van der Waals surface area contributed by atoms with E-state index >= 15 is 0 Å². The number of hydrogen-bond donors (Lipinski definition) is 1. The fourth-order valence-corrected chi connectivity index (χ4v) is 6.03. The van der Waals surface area contributed by atoms with Gasteiger partial charge in [0.2, 0.25) is 0 Å². The van der Waals surface area contributed by atoms with Gasteiger partial charge in [0.25, 0.3) is 14.4 Å². The van der Waals surface area contributed by atoms with Gasteiger partial charge in [0, 0.05) is 17.6 Å². The zero-order valence-electron chi connectivity index (χ0n) is 22.1. The normalized spacial score (nSPS) is 18.4. The quantitative estimate of drug-likeness (QED) is 0.248. The first-order valence-electron chi connectivity index (χ1n) is 12.8. The van der Waals surface area contributed by atoms with Gasteiger partial charge in [-0.05, 0) is 52.7 Å². The van der Waals surface area contributed by atoms with Gasteiger partial charge in [0.05, 0.1) is 38.1 Å². The Balaban J connectivity index is 1.41. The highest BCUT2D eigenvalue weighted by Gasteiger charge is 2.32. The summed E-state index contributed by atoms with van der Waals surface area (Å²) in [4.78, 5) is 25.7. The Morgan fingerprint density at radius 3 is 2.66 bits per heavy atom. The Labute approximate surface area is 224 Å². The summed E-state index contributed by atoms with van der Waals surface area (Å²) < 4.78 is 22.6. The smallest absolute Gasteiger partial charge is 0.259 e. The highest BCUT2D eigenvalue weighted by Crippen LogP contribution is 2.46. The lowest BCUT2D eigenvalue weighted by Gasteiger charge is -2.36. The molecule has 1 amide bonds. The number of carbonyl (C=O) groups excluding carboxylic acids is 1. The number of rotatable bonds is 12. The molecular formula is C26H34N7O4P. The number of carbonyl (C=O) groups is 1. The molecule has 2 aromatic heterocycles. The van der Waals surface area contributed by atoms with Crippen molar-refractivity contribution in [2.75, 3.05) is 18.5 Å². The molecule has 0 aliphatic carbocycles. The number of nitriles is 1. The van der Waals surface area contributed by atoms with Crippen molar-refractivity contribution in [1.29, 1.82) is 5.26 Å². The van der Waals surface area contributed by atoms with Gasteiger partial charge in [-0.15, -0.1) is 0 Å². The molecule has 3 heterocycles. The second-order valence-corrected chi connectivity index (χ2v) is 11.0. The van der Waals surface area contributed by atoms with Gasteiger partial charge in [0.15, 0.2) is 17.0 Å². The van der Waals surface area contributed by atoms with Crippen LogP contribution in [0.1, 0.15) is 63.5 Å². The fourth-order valence-electron chi connectivity index (χ4n) is 4.40. The van der Waals surface area contributed by atoms with E-state index in [9.17, 15) is 4.79 Å². The van der Waals surface area contributed by atoms with E-state index in [-0.39, 0.29) is 30.3 Å². The molecule has 1 N–H and O–H groups in total. The van der Waals surface area contributed by atoms with E-state index in [1.54, 1.807) is 18.5 Å². The molecule has 12 heteroatoms. The minimum atomic E-state index is -1.33. The molecule has 202 valence electrons. The first-order chi connectivity index (χ1) is 18.4. The van der Waals surface area contributed by atoms with Crippen molar-refractivity contribution in [3.05, 3.63) is 48.5 Å². The topological polar surface area (TPSA) is 127 Å². The number of anilines is 1. The standard InChI is InChI=1S/C26H34N7O4P/c1-18(2)33(19(3)4)38(35-14-8-13-27)36-15-21-11-12-22(37-21)32-17-30-23-24(28-16-29-25(23)32)31-26(34)20-9-6-5-7-10-20/h5-7,9-10,16-19,21-22H,8,11-12,14-15H2,1-4H3,(H,28,29,31,34). The number of ether oxygens (including phenoxy) is 1. The second kappa shape index (κ2) is 13.2. The lowest BCUT2D eigenvalue weighted by Crippen LogP contribution is -2.34. The molecule has 1 aliphatic heterocycles. The Hall–Kier alpha value is -3.00. The van der Waals surface area contributed by atoms with Crippen molar-refractivity contribution in [2.45, 2.75) is 71.4 Å². The summed E-state index contributed by atoms with van der Waals surface area (Å²) in [5, 5.41) is 11.7. The van der Waals surface area contributed by atoms with E-state index in [4.69, 9.17) is 19.0 Å². The minimum absolute atomic E-state index is 0.123. The number of benzene rings is 1. The lowest BCUT2D eigenvalue weighted by molar-refractivity contribution is -0.0187. The highest BCUT2D eigenvalue weighted by molar-refractivity contribution is 7.44. The minimum Gasteiger partial charge on any atom is -0.352 e. The molecule has 38 heavy (non-hydrogen) atoms. The SMILES string of the molecule is CC(C)N(C(C)C)P(OCCC#N)OCC1CCC(n2cnc3c(NC(=O)c4ccccc4)ncnc32)O1. The number of aromatic nitrogens is 4. The molecule has 0 saturated carbocycles. The molecule has 1 saturated heterocycles. The molecule has 3 aromatic rings. The maximum atomic E-state index is 12.6. The van der Waals surface area contributed by atoms with Crippen LogP contribution in [0.5, 0.6) is 0 Å². The van der Waals surface area contributed by atoms with Crippen LogP contribution in [0.3, 0.4) is 0 Å². The van der Waals surface area contributed by atoms with Crippen molar-refractivity contribution < 1.29 is 18.6 Å². The average Bonchev–Trinajstić information content (AvgIpc) is 3.55. The number of nitrogens with zero attached hydrogens (tertiary/aromatic N) is 6. The maximum absolute atomic E-state index is 12.6. The molecule has 11 nitrogen and oxygen atoms in total. The third-order valence-electron chi connectivity index (χ3n) is 6.06. The van der Waals surface area contributed by atoms with E-state index < -0.39 is 8.53 Å². The van der Waals surface area contributed by atoms with Crippen LogP contribution >= 0.6 is 8.53 Å². The van der Waals surface area contributed by atoms with Gasteiger partial charge in [-0.2, -0.15) is 5.26 Å². The summed E-state index contributed by atoms with van der Waals surface area (Å²) >= 11 is 0. The Bertz CT molecular complexity index is 1240. The third kappa shape index (κ3) is 6.70. The van der Waals surface area contributed by atoms with Gasteiger partial charge in [0.1, 0.15) is 12.6 Å². The summed E-state index contributed by atoms with van der Waals surface area (Å²) in [7, 11) is -1.33. The number of amides is 1. The lowest BCUT2D eigenvalue weighted by atomic mass is 10.2. The Morgan fingerprint density at radius 1 is 1.18 bits per heavy atom. The number of nitrogens with one attached hydrogen (secondary N) is 1. The van der Waals surface area contributed by atoms with Crippen LogP contribution in [0.2, 0.25) is 0 Å². The molecule has 0 bridgehead atoms. The zero-order chi connectivity index (χ0) is 27.1. The molecule has 3 atom stereocenters. The average molecular weight is 540 g/mol. The predicted molar refractivity (Wildman–Crippen MR) is 144 cm³/mol. The van der Waals surface area contributed by atoms with Crippen LogP contribution in [0.4, 0.5) is 5.82 Å².